The molecular weight excluding hydrogens is 234 g/mol. The highest BCUT2D eigenvalue weighted by Gasteiger charge is 2.10. The summed E-state index contributed by atoms with van der Waals surface area (Å²) in [6, 6.07) is 9.03. The fourth-order valence-electron chi connectivity index (χ4n) is 1.52. The van der Waals surface area contributed by atoms with Gasteiger partial charge in [-0.3, -0.25) is 4.79 Å². The summed E-state index contributed by atoms with van der Waals surface area (Å²) in [6.07, 6.45) is -0.231. The van der Waals surface area contributed by atoms with Crippen LogP contribution in [0, 0.1) is 11.3 Å². The van der Waals surface area contributed by atoms with Crippen LogP contribution in [0.15, 0.2) is 24.3 Å². The maximum atomic E-state index is 10.6. The van der Waals surface area contributed by atoms with Crippen molar-refractivity contribution in [3.8, 4) is 6.07 Å². The molecule has 2 rings (SSSR count). The van der Waals surface area contributed by atoms with Crippen LogP contribution in [0.3, 0.4) is 0 Å². The lowest BCUT2D eigenvalue weighted by molar-refractivity contribution is -0.136. The molecule has 0 unspecified atom stereocenters. The number of carbonyl (C=O) groups is 1. The number of nitrogens with zero attached hydrogens (tertiary/aromatic N) is 5. The number of hydrogen-bond acceptors (Lipinski definition) is 5. The van der Waals surface area contributed by atoms with E-state index in [1.807, 2.05) is 12.1 Å². The van der Waals surface area contributed by atoms with Gasteiger partial charge in [0.25, 0.3) is 0 Å². The van der Waals surface area contributed by atoms with Gasteiger partial charge in [-0.05, 0) is 28.1 Å². The first-order valence-electron chi connectivity index (χ1n) is 5.15. The highest BCUT2D eigenvalue weighted by molar-refractivity contribution is 5.68. The lowest BCUT2D eigenvalue weighted by atomic mass is 10.1. The summed E-state index contributed by atoms with van der Waals surface area (Å²) < 4.78 is 1.41. The Bertz CT molecular complexity index is 614. The zero-order valence-corrected chi connectivity index (χ0v) is 9.32. The molecule has 1 aromatic carbocycles. The third-order valence-electron chi connectivity index (χ3n) is 2.30. The molecule has 0 aliphatic rings. The van der Waals surface area contributed by atoms with Crippen molar-refractivity contribution in [1.82, 2.24) is 20.2 Å². The van der Waals surface area contributed by atoms with Crippen LogP contribution in [0.4, 0.5) is 0 Å². The van der Waals surface area contributed by atoms with Crippen LogP contribution in [0.25, 0.3) is 0 Å². The minimum atomic E-state index is -0.989. The second-order valence-corrected chi connectivity index (χ2v) is 3.64. The molecule has 1 aromatic heterocycles. The molecule has 0 amide bonds. The maximum absolute atomic E-state index is 10.6. The standard InChI is InChI=1S/C11H9N5O2/c12-6-8-2-1-3-9(4-8)7-16-10(5-11(17)18)13-14-15-16/h1-4H,5,7H2,(H,17,18). The first-order valence-corrected chi connectivity index (χ1v) is 5.15. The van der Waals surface area contributed by atoms with Crippen molar-refractivity contribution in [3.63, 3.8) is 0 Å². The van der Waals surface area contributed by atoms with Crippen LogP contribution >= 0.6 is 0 Å². The van der Waals surface area contributed by atoms with Gasteiger partial charge in [-0.15, -0.1) is 5.10 Å². The second-order valence-electron chi connectivity index (χ2n) is 3.64. The Morgan fingerprint density at radius 3 is 3.06 bits per heavy atom. The van der Waals surface area contributed by atoms with Crippen molar-refractivity contribution in [1.29, 1.82) is 5.26 Å². The highest BCUT2D eigenvalue weighted by atomic mass is 16.4. The van der Waals surface area contributed by atoms with Gasteiger partial charge in [-0.2, -0.15) is 5.26 Å². The summed E-state index contributed by atoms with van der Waals surface area (Å²) in [4.78, 5) is 10.6. The SMILES string of the molecule is N#Cc1cccc(Cn2nnnc2CC(=O)O)c1. The van der Waals surface area contributed by atoms with E-state index in [2.05, 4.69) is 15.5 Å². The Kier molecular flexibility index (Phi) is 3.29. The molecule has 0 spiro atoms. The predicted molar refractivity (Wildman–Crippen MR) is 59.4 cm³/mol. The number of hydrogen-bond donors (Lipinski definition) is 1. The average molecular weight is 243 g/mol. The molecule has 7 heteroatoms. The Hall–Kier alpha value is -2.75. The van der Waals surface area contributed by atoms with Gasteiger partial charge in [-0.1, -0.05) is 12.1 Å². The third-order valence-corrected chi connectivity index (χ3v) is 2.30. The number of aliphatic carboxylic acids is 1. The van der Waals surface area contributed by atoms with Crippen LogP contribution in [0.2, 0.25) is 0 Å². The number of benzene rings is 1. The van der Waals surface area contributed by atoms with Crippen molar-refractivity contribution >= 4 is 5.97 Å². The summed E-state index contributed by atoms with van der Waals surface area (Å²) >= 11 is 0. The van der Waals surface area contributed by atoms with Crippen LogP contribution in [-0.4, -0.2) is 31.3 Å². The molecule has 0 radical (unpaired) electrons. The molecule has 0 aliphatic heterocycles. The smallest absolute Gasteiger partial charge is 0.311 e. The number of carboxylic acid groups (broad SMARTS) is 1. The number of rotatable bonds is 4. The van der Waals surface area contributed by atoms with E-state index in [0.717, 1.165) is 5.56 Å². The lowest BCUT2D eigenvalue weighted by Crippen LogP contribution is -2.11. The van der Waals surface area contributed by atoms with Gasteiger partial charge in [-0.25, -0.2) is 4.68 Å². The van der Waals surface area contributed by atoms with E-state index in [0.29, 0.717) is 12.1 Å². The molecule has 1 N–H and O–H groups in total. The molecule has 0 bridgehead atoms. The number of tetrazole rings is 1. The fraction of sp³-hybridized carbons (Fsp3) is 0.182. The van der Waals surface area contributed by atoms with E-state index in [4.69, 9.17) is 10.4 Å². The van der Waals surface area contributed by atoms with Gasteiger partial charge in [0.05, 0.1) is 18.2 Å². The average Bonchev–Trinajstić information content (AvgIpc) is 2.76. The van der Waals surface area contributed by atoms with Crippen molar-refractivity contribution < 1.29 is 9.90 Å². The summed E-state index contributed by atoms with van der Waals surface area (Å²) in [5.41, 5.74) is 1.38. The van der Waals surface area contributed by atoms with Crippen molar-refractivity contribution in [2.24, 2.45) is 0 Å². The third kappa shape index (κ3) is 2.68. The van der Waals surface area contributed by atoms with E-state index in [1.54, 1.807) is 18.2 Å². The first-order chi connectivity index (χ1) is 8.69. The lowest BCUT2D eigenvalue weighted by Gasteiger charge is -2.03. The normalized spacial score (nSPS) is 9.94. The van der Waals surface area contributed by atoms with E-state index < -0.39 is 5.97 Å². The summed E-state index contributed by atoms with van der Waals surface area (Å²) in [5.74, 6) is -0.707. The number of nitriles is 1. The van der Waals surface area contributed by atoms with Gasteiger partial charge in [0.1, 0.15) is 6.42 Å². The zero-order valence-electron chi connectivity index (χ0n) is 9.32. The molecule has 18 heavy (non-hydrogen) atoms. The van der Waals surface area contributed by atoms with Crippen molar-refractivity contribution in [2.45, 2.75) is 13.0 Å². The molecular formula is C11H9N5O2. The Morgan fingerprint density at radius 1 is 1.50 bits per heavy atom. The molecule has 2 aromatic rings. The predicted octanol–water partition coefficient (Wildman–Crippen LogP) is 0.220. The highest BCUT2D eigenvalue weighted by Crippen LogP contribution is 2.07. The Balaban J connectivity index is 2.21. The fourth-order valence-corrected chi connectivity index (χ4v) is 1.52. The molecule has 1 heterocycles. The van der Waals surface area contributed by atoms with Crippen LogP contribution < -0.4 is 0 Å². The van der Waals surface area contributed by atoms with E-state index in [9.17, 15) is 4.79 Å². The first kappa shape index (κ1) is 11.7. The molecule has 0 fully saturated rings. The zero-order chi connectivity index (χ0) is 13.0. The minimum absolute atomic E-state index is 0.231. The van der Waals surface area contributed by atoms with Crippen LogP contribution in [0.5, 0.6) is 0 Å². The molecule has 7 nitrogen and oxygen atoms in total. The molecule has 90 valence electrons. The second kappa shape index (κ2) is 5.05. The molecule has 0 saturated heterocycles. The van der Waals surface area contributed by atoms with Gasteiger partial charge in [0.2, 0.25) is 0 Å². The topological polar surface area (TPSA) is 105 Å². The van der Waals surface area contributed by atoms with Gasteiger partial charge in [0, 0.05) is 0 Å². The van der Waals surface area contributed by atoms with Gasteiger partial charge >= 0.3 is 5.97 Å². The van der Waals surface area contributed by atoms with Gasteiger partial charge < -0.3 is 5.11 Å². The van der Waals surface area contributed by atoms with Crippen LogP contribution in [0.1, 0.15) is 17.0 Å². The molecule has 0 atom stereocenters. The largest absolute Gasteiger partial charge is 0.481 e. The summed E-state index contributed by atoms with van der Waals surface area (Å²) in [6.45, 7) is 0.338. The van der Waals surface area contributed by atoms with Gasteiger partial charge in [0.15, 0.2) is 5.82 Å². The molecule has 0 aliphatic carbocycles. The Labute approximate surface area is 102 Å². The minimum Gasteiger partial charge on any atom is -0.481 e. The monoisotopic (exact) mass is 243 g/mol. The van der Waals surface area contributed by atoms with Crippen LogP contribution in [-0.2, 0) is 17.8 Å². The summed E-state index contributed by atoms with van der Waals surface area (Å²) in [7, 11) is 0. The number of aromatic nitrogens is 4. The Morgan fingerprint density at radius 2 is 2.33 bits per heavy atom. The quantitative estimate of drug-likeness (QED) is 0.823. The van der Waals surface area contributed by atoms with Crippen molar-refractivity contribution in [2.75, 3.05) is 0 Å². The maximum Gasteiger partial charge on any atom is 0.311 e. The van der Waals surface area contributed by atoms with Crippen molar-refractivity contribution in [3.05, 3.63) is 41.2 Å². The molecule has 0 saturated carbocycles. The number of carboxylic acids is 1. The van der Waals surface area contributed by atoms with E-state index in [1.165, 1.54) is 4.68 Å². The van der Waals surface area contributed by atoms with E-state index >= 15 is 0 Å². The summed E-state index contributed by atoms with van der Waals surface area (Å²) in [5, 5.41) is 28.3. The van der Waals surface area contributed by atoms with E-state index in [-0.39, 0.29) is 12.2 Å².